The number of amides is 1. The standard InChI is InChI=1S/C12H13NO3.ClH/c14-12-13-10(4-6-16-12)8-1-2-11-9(7-8)3-5-15-11;/h1-2,7,10H,3-6H2,(H,13,14);1H/t10-;/m0./s1. The first kappa shape index (κ1) is 12.0. The molecule has 4 nitrogen and oxygen atoms in total. The molecule has 92 valence electrons. The van der Waals surface area contributed by atoms with Crippen LogP contribution in [0.1, 0.15) is 23.6 Å². The minimum atomic E-state index is -0.326. The van der Waals surface area contributed by atoms with Crippen LogP contribution in [0.3, 0.4) is 0 Å². The number of halogens is 1. The molecule has 0 aromatic heterocycles. The van der Waals surface area contributed by atoms with Crippen molar-refractivity contribution in [2.24, 2.45) is 0 Å². The Balaban J connectivity index is 0.00000108. The molecule has 1 N–H and O–H groups in total. The fourth-order valence-electron chi connectivity index (χ4n) is 2.20. The van der Waals surface area contributed by atoms with Crippen LogP contribution in [0.15, 0.2) is 18.2 Å². The molecule has 2 aliphatic heterocycles. The zero-order valence-electron chi connectivity index (χ0n) is 9.27. The van der Waals surface area contributed by atoms with Gasteiger partial charge in [-0.1, -0.05) is 6.07 Å². The second-order valence-electron chi connectivity index (χ2n) is 4.09. The van der Waals surface area contributed by atoms with Crippen molar-refractivity contribution in [3.63, 3.8) is 0 Å². The van der Waals surface area contributed by atoms with Gasteiger partial charge in [-0.2, -0.15) is 0 Å². The summed E-state index contributed by atoms with van der Waals surface area (Å²) in [7, 11) is 0. The summed E-state index contributed by atoms with van der Waals surface area (Å²) in [6.07, 6.45) is 1.46. The van der Waals surface area contributed by atoms with E-state index in [1.807, 2.05) is 12.1 Å². The lowest BCUT2D eigenvalue weighted by Crippen LogP contribution is -2.35. The molecular formula is C12H14ClNO3. The number of nitrogens with one attached hydrogen (secondary N) is 1. The van der Waals surface area contributed by atoms with Gasteiger partial charge >= 0.3 is 6.09 Å². The lowest BCUT2D eigenvalue weighted by Gasteiger charge is -2.23. The summed E-state index contributed by atoms with van der Waals surface area (Å²) in [6, 6.07) is 6.20. The summed E-state index contributed by atoms with van der Waals surface area (Å²) in [5, 5.41) is 2.82. The smallest absolute Gasteiger partial charge is 0.407 e. The second kappa shape index (κ2) is 4.84. The molecule has 5 heteroatoms. The van der Waals surface area contributed by atoms with Gasteiger partial charge in [0.2, 0.25) is 0 Å². The van der Waals surface area contributed by atoms with Gasteiger partial charge in [0.25, 0.3) is 0 Å². The van der Waals surface area contributed by atoms with Crippen LogP contribution in [0.2, 0.25) is 0 Å². The molecule has 0 radical (unpaired) electrons. The fraction of sp³-hybridized carbons (Fsp3) is 0.417. The topological polar surface area (TPSA) is 47.6 Å². The van der Waals surface area contributed by atoms with E-state index in [-0.39, 0.29) is 24.5 Å². The van der Waals surface area contributed by atoms with Gasteiger partial charge in [0, 0.05) is 12.8 Å². The Morgan fingerprint density at radius 3 is 2.94 bits per heavy atom. The Labute approximate surface area is 106 Å². The summed E-state index contributed by atoms with van der Waals surface area (Å²) in [6.45, 7) is 1.25. The van der Waals surface area contributed by atoms with Crippen LogP contribution >= 0.6 is 12.4 Å². The summed E-state index contributed by atoms with van der Waals surface area (Å²) in [4.78, 5) is 11.1. The van der Waals surface area contributed by atoms with E-state index in [0.29, 0.717) is 6.61 Å². The Morgan fingerprint density at radius 2 is 2.12 bits per heavy atom. The molecule has 2 heterocycles. The van der Waals surface area contributed by atoms with E-state index in [1.165, 1.54) is 5.56 Å². The number of carbonyl (C=O) groups is 1. The predicted molar refractivity (Wildman–Crippen MR) is 64.7 cm³/mol. The molecule has 1 atom stereocenters. The van der Waals surface area contributed by atoms with Crippen molar-refractivity contribution in [1.29, 1.82) is 0 Å². The van der Waals surface area contributed by atoms with E-state index in [0.717, 1.165) is 30.8 Å². The Kier molecular flexibility index (Phi) is 3.43. The van der Waals surface area contributed by atoms with E-state index in [4.69, 9.17) is 9.47 Å². The van der Waals surface area contributed by atoms with Crippen molar-refractivity contribution in [2.75, 3.05) is 13.2 Å². The zero-order valence-corrected chi connectivity index (χ0v) is 10.1. The average Bonchev–Trinajstić information content (AvgIpc) is 2.75. The van der Waals surface area contributed by atoms with E-state index >= 15 is 0 Å². The van der Waals surface area contributed by atoms with Gasteiger partial charge in [0.1, 0.15) is 5.75 Å². The molecule has 1 fully saturated rings. The maximum absolute atomic E-state index is 11.1. The number of alkyl carbamates (subject to hydrolysis) is 1. The summed E-state index contributed by atoms with van der Waals surface area (Å²) in [5.41, 5.74) is 2.37. The van der Waals surface area contributed by atoms with Crippen molar-refractivity contribution < 1.29 is 14.3 Å². The number of hydrogen-bond donors (Lipinski definition) is 1. The Morgan fingerprint density at radius 1 is 1.24 bits per heavy atom. The highest BCUT2D eigenvalue weighted by Gasteiger charge is 2.22. The van der Waals surface area contributed by atoms with Crippen molar-refractivity contribution in [3.8, 4) is 5.75 Å². The fourth-order valence-corrected chi connectivity index (χ4v) is 2.20. The summed E-state index contributed by atoms with van der Waals surface area (Å²) >= 11 is 0. The number of cyclic esters (lactones) is 1. The highest BCUT2D eigenvalue weighted by atomic mass is 35.5. The molecule has 1 aromatic carbocycles. The molecular weight excluding hydrogens is 242 g/mol. The molecule has 3 rings (SSSR count). The lowest BCUT2D eigenvalue weighted by atomic mass is 10.00. The van der Waals surface area contributed by atoms with Crippen LogP contribution in [-0.4, -0.2) is 19.3 Å². The third-order valence-corrected chi connectivity index (χ3v) is 3.05. The average molecular weight is 256 g/mol. The number of hydrogen-bond acceptors (Lipinski definition) is 3. The number of carbonyl (C=O) groups excluding carboxylic acids is 1. The van der Waals surface area contributed by atoms with Gasteiger partial charge in [-0.3, -0.25) is 0 Å². The third kappa shape index (κ3) is 2.31. The molecule has 0 bridgehead atoms. The van der Waals surface area contributed by atoms with Gasteiger partial charge in [-0.05, 0) is 23.3 Å². The van der Waals surface area contributed by atoms with E-state index in [2.05, 4.69) is 11.4 Å². The van der Waals surface area contributed by atoms with Crippen molar-refractivity contribution >= 4 is 18.5 Å². The summed E-state index contributed by atoms with van der Waals surface area (Å²) in [5.74, 6) is 0.974. The van der Waals surface area contributed by atoms with Gasteiger partial charge in [0.15, 0.2) is 0 Å². The molecule has 0 unspecified atom stereocenters. The molecule has 0 aliphatic carbocycles. The minimum Gasteiger partial charge on any atom is -0.493 e. The monoisotopic (exact) mass is 255 g/mol. The van der Waals surface area contributed by atoms with E-state index < -0.39 is 0 Å². The van der Waals surface area contributed by atoms with Crippen molar-refractivity contribution in [1.82, 2.24) is 5.32 Å². The van der Waals surface area contributed by atoms with Crippen LogP contribution < -0.4 is 10.1 Å². The third-order valence-electron chi connectivity index (χ3n) is 3.05. The molecule has 0 spiro atoms. The van der Waals surface area contributed by atoms with Gasteiger partial charge in [0.05, 0.1) is 19.3 Å². The Bertz CT molecular complexity index is 436. The highest BCUT2D eigenvalue weighted by molar-refractivity contribution is 5.85. The van der Waals surface area contributed by atoms with E-state index in [9.17, 15) is 4.79 Å². The number of ether oxygens (including phenoxy) is 2. The van der Waals surface area contributed by atoms with Crippen LogP contribution in [0.25, 0.3) is 0 Å². The van der Waals surface area contributed by atoms with E-state index in [1.54, 1.807) is 0 Å². The molecule has 0 saturated carbocycles. The zero-order chi connectivity index (χ0) is 11.0. The first-order valence-electron chi connectivity index (χ1n) is 5.52. The summed E-state index contributed by atoms with van der Waals surface area (Å²) < 4.78 is 10.3. The number of benzene rings is 1. The number of rotatable bonds is 1. The Hall–Kier alpha value is -1.42. The molecule has 1 saturated heterocycles. The lowest BCUT2D eigenvalue weighted by molar-refractivity contribution is 0.115. The van der Waals surface area contributed by atoms with Crippen LogP contribution in [0, 0.1) is 0 Å². The highest BCUT2D eigenvalue weighted by Crippen LogP contribution is 2.29. The number of fused-ring (bicyclic) bond motifs is 1. The first-order chi connectivity index (χ1) is 7.83. The largest absolute Gasteiger partial charge is 0.493 e. The second-order valence-corrected chi connectivity index (χ2v) is 4.09. The predicted octanol–water partition coefficient (Wildman–Crippen LogP) is 2.21. The first-order valence-corrected chi connectivity index (χ1v) is 5.52. The van der Waals surface area contributed by atoms with Crippen LogP contribution in [-0.2, 0) is 11.2 Å². The molecule has 1 aromatic rings. The van der Waals surface area contributed by atoms with Crippen molar-refractivity contribution in [3.05, 3.63) is 29.3 Å². The van der Waals surface area contributed by atoms with Gasteiger partial charge in [-0.15, -0.1) is 12.4 Å². The van der Waals surface area contributed by atoms with Gasteiger partial charge in [-0.25, -0.2) is 4.79 Å². The van der Waals surface area contributed by atoms with Crippen LogP contribution in [0.5, 0.6) is 5.75 Å². The molecule has 1 amide bonds. The molecule has 17 heavy (non-hydrogen) atoms. The SMILES string of the molecule is Cl.O=C1N[C@H](c2ccc3c(c2)CCO3)CCO1. The van der Waals surface area contributed by atoms with Gasteiger partial charge < -0.3 is 14.8 Å². The normalized spacial score (nSPS) is 21.6. The maximum Gasteiger partial charge on any atom is 0.407 e. The van der Waals surface area contributed by atoms with Crippen LogP contribution in [0.4, 0.5) is 4.79 Å². The molecule has 2 aliphatic rings. The minimum absolute atomic E-state index is 0. The quantitative estimate of drug-likeness (QED) is 0.837. The van der Waals surface area contributed by atoms with Crippen molar-refractivity contribution in [2.45, 2.75) is 18.9 Å². The maximum atomic E-state index is 11.1.